The van der Waals surface area contributed by atoms with E-state index >= 15 is 0 Å². The van der Waals surface area contributed by atoms with Crippen molar-refractivity contribution < 1.29 is 9.90 Å². The van der Waals surface area contributed by atoms with Crippen LogP contribution in [0.2, 0.25) is 0 Å². The molecule has 2 aromatic rings. The van der Waals surface area contributed by atoms with Crippen LogP contribution in [0.5, 0.6) is 0 Å². The quantitative estimate of drug-likeness (QED) is 0.925. The monoisotopic (exact) mass is 270 g/mol. The maximum absolute atomic E-state index is 11.2. The number of hydrogen-bond donors (Lipinski definition) is 1. The van der Waals surface area contributed by atoms with E-state index < -0.39 is 5.97 Å². The predicted molar refractivity (Wildman–Crippen MR) is 79.8 cm³/mol. The van der Waals surface area contributed by atoms with Crippen LogP contribution in [-0.4, -0.2) is 23.1 Å². The van der Waals surface area contributed by atoms with Gasteiger partial charge in [0.1, 0.15) is 5.82 Å². The zero-order valence-electron chi connectivity index (χ0n) is 11.9. The first-order valence-corrected chi connectivity index (χ1v) is 6.56. The molecule has 0 aliphatic heterocycles. The Balaban J connectivity index is 2.42. The molecule has 4 heteroatoms. The number of carboxylic acids is 1. The van der Waals surface area contributed by atoms with Gasteiger partial charge in [-0.1, -0.05) is 24.6 Å². The molecule has 0 spiro atoms. The Kier molecular flexibility index (Phi) is 4.03. The molecule has 0 saturated carbocycles. The van der Waals surface area contributed by atoms with E-state index in [9.17, 15) is 9.90 Å². The molecule has 2 rings (SSSR count). The summed E-state index contributed by atoms with van der Waals surface area (Å²) in [6.45, 7) is 3.99. The lowest BCUT2D eigenvalue weighted by Crippen LogP contribution is -2.13. The van der Waals surface area contributed by atoms with Gasteiger partial charge in [-0.05, 0) is 37.6 Å². The van der Waals surface area contributed by atoms with Crippen LogP contribution in [0.3, 0.4) is 0 Å². The highest BCUT2D eigenvalue weighted by atomic mass is 16.4. The fourth-order valence-electron chi connectivity index (χ4n) is 1.95. The second-order valence-corrected chi connectivity index (χ2v) is 4.76. The number of hydrogen-bond acceptors (Lipinski definition) is 3. The predicted octanol–water partition coefficient (Wildman–Crippen LogP) is 3.42. The van der Waals surface area contributed by atoms with Crippen LogP contribution in [0.1, 0.15) is 28.5 Å². The van der Waals surface area contributed by atoms with Crippen molar-refractivity contribution in [2.45, 2.75) is 20.3 Å². The van der Waals surface area contributed by atoms with Crippen LogP contribution >= 0.6 is 0 Å². The molecule has 104 valence electrons. The minimum Gasteiger partial charge on any atom is -0.478 e. The van der Waals surface area contributed by atoms with Crippen molar-refractivity contribution in [1.82, 2.24) is 4.98 Å². The van der Waals surface area contributed by atoms with Crippen molar-refractivity contribution in [3.05, 3.63) is 53.2 Å². The van der Waals surface area contributed by atoms with Crippen LogP contribution in [0, 0.1) is 6.92 Å². The van der Waals surface area contributed by atoms with Crippen LogP contribution in [0.4, 0.5) is 11.5 Å². The van der Waals surface area contributed by atoms with Crippen molar-refractivity contribution in [3.63, 3.8) is 0 Å². The number of rotatable bonds is 4. The van der Waals surface area contributed by atoms with Crippen LogP contribution in [0.15, 0.2) is 36.4 Å². The maximum atomic E-state index is 11.2. The number of carboxylic acid groups (broad SMARTS) is 1. The average molecular weight is 270 g/mol. The SMILES string of the molecule is CCc1cc(C(=O)O)cc(N(C)c2ccc(C)cc2)n1. The zero-order valence-corrected chi connectivity index (χ0v) is 11.9. The fourth-order valence-corrected chi connectivity index (χ4v) is 1.95. The van der Waals surface area contributed by atoms with Crippen LogP contribution in [-0.2, 0) is 6.42 Å². The first kappa shape index (κ1) is 14.1. The van der Waals surface area contributed by atoms with E-state index in [0.717, 1.165) is 11.4 Å². The van der Waals surface area contributed by atoms with Gasteiger partial charge in [-0.15, -0.1) is 0 Å². The summed E-state index contributed by atoms with van der Waals surface area (Å²) in [5, 5.41) is 9.17. The average Bonchev–Trinajstić information content (AvgIpc) is 2.46. The molecule has 1 aromatic heterocycles. The van der Waals surface area contributed by atoms with E-state index in [0.29, 0.717) is 12.2 Å². The number of pyridine rings is 1. The lowest BCUT2D eigenvalue weighted by molar-refractivity contribution is 0.0696. The molecule has 0 saturated heterocycles. The normalized spacial score (nSPS) is 10.3. The summed E-state index contributed by atoms with van der Waals surface area (Å²) >= 11 is 0. The number of carbonyl (C=O) groups is 1. The summed E-state index contributed by atoms with van der Waals surface area (Å²) < 4.78 is 0. The minimum absolute atomic E-state index is 0.269. The largest absolute Gasteiger partial charge is 0.478 e. The number of aromatic carboxylic acids is 1. The summed E-state index contributed by atoms with van der Waals surface area (Å²) in [6.07, 6.45) is 0.704. The number of aryl methyl sites for hydroxylation is 2. The van der Waals surface area contributed by atoms with Gasteiger partial charge in [0.25, 0.3) is 0 Å². The Hall–Kier alpha value is -2.36. The molecule has 0 aliphatic carbocycles. The first-order valence-electron chi connectivity index (χ1n) is 6.56. The summed E-state index contributed by atoms with van der Waals surface area (Å²) in [5.74, 6) is -0.286. The van der Waals surface area contributed by atoms with Gasteiger partial charge in [-0.3, -0.25) is 0 Å². The highest BCUT2D eigenvalue weighted by Gasteiger charge is 2.11. The molecule has 0 radical (unpaired) electrons. The second-order valence-electron chi connectivity index (χ2n) is 4.76. The summed E-state index contributed by atoms with van der Waals surface area (Å²) in [7, 11) is 1.89. The van der Waals surface area contributed by atoms with Gasteiger partial charge in [-0.2, -0.15) is 0 Å². The van der Waals surface area contributed by atoms with Crippen LogP contribution < -0.4 is 4.90 Å². The molecule has 1 N–H and O–H groups in total. The van der Waals surface area contributed by atoms with Gasteiger partial charge >= 0.3 is 5.97 Å². The topological polar surface area (TPSA) is 53.4 Å². The lowest BCUT2D eigenvalue weighted by Gasteiger charge is -2.19. The molecular weight excluding hydrogens is 252 g/mol. The molecular formula is C16H18N2O2. The molecule has 20 heavy (non-hydrogen) atoms. The van der Waals surface area contributed by atoms with Crippen molar-refractivity contribution in [1.29, 1.82) is 0 Å². The second kappa shape index (κ2) is 5.74. The Morgan fingerprint density at radius 3 is 2.45 bits per heavy atom. The van der Waals surface area contributed by atoms with Gasteiger partial charge in [0, 0.05) is 18.4 Å². The van der Waals surface area contributed by atoms with Gasteiger partial charge in [0.15, 0.2) is 0 Å². The highest BCUT2D eigenvalue weighted by molar-refractivity contribution is 5.89. The standard InChI is InChI=1S/C16H18N2O2/c1-4-13-9-12(16(19)20)10-15(17-13)18(3)14-7-5-11(2)6-8-14/h5-10H,4H2,1-3H3,(H,19,20). The third-order valence-corrected chi connectivity index (χ3v) is 3.24. The Labute approximate surface area is 118 Å². The van der Waals surface area contributed by atoms with Crippen LogP contribution in [0.25, 0.3) is 0 Å². The van der Waals surface area contributed by atoms with Gasteiger partial charge < -0.3 is 10.0 Å². The molecule has 0 atom stereocenters. The number of nitrogens with zero attached hydrogens (tertiary/aromatic N) is 2. The summed E-state index contributed by atoms with van der Waals surface area (Å²) in [6, 6.07) is 11.3. The highest BCUT2D eigenvalue weighted by Crippen LogP contribution is 2.23. The van der Waals surface area contributed by atoms with E-state index in [1.165, 1.54) is 5.56 Å². The third-order valence-electron chi connectivity index (χ3n) is 3.24. The molecule has 0 fully saturated rings. The minimum atomic E-state index is -0.930. The third kappa shape index (κ3) is 2.96. The van der Waals surface area contributed by atoms with E-state index in [1.54, 1.807) is 12.1 Å². The number of anilines is 2. The molecule has 0 aliphatic rings. The first-order chi connectivity index (χ1) is 9.51. The van der Waals surface area contributed by atoms with Gasteiger partial charge in [0.05, 0.1) is 5.56 Å². The number of aromatic nitrogens is 1. The van der Waals surface area contributed by atoms with E-state index in [-0.39, 0.29) is 5.56 Å². The van der Waals surface area contributed by atoms with E-state index in [2.05, 4.69) is 4.98 Å². The lowest BCUT2D eigenvalue weighted by atomic mass is 10.1. The molecule has 0 bridgehead atoms. The van der Waals surface area contributed by atoms with Gasteiger partial charge in [0.2, 0.25) is 0 Å². The zero-order chi connectivity index (χ0) is 14.7. The Morgan fingerprint density at radius 1 is 1.25 bits per heavy atom. The molecule has 0 unspecified atom stereocenters. The number of benzene rings is 1. The molecule has 0 amide bonds. The van der Waals surface area contributed by atoms with Crippen molar-refractivity contribution in [2.24, 2.45) is 0 Å². The van der Waals surface area contributed by atoms with Crippen molar-refractivity contribution >= 4 is 17.5 Å². The smallest absolute Gasteiger partial charge is 0.335 e. The van der Waals surface area contributed by atoms with Crippen molar-refractivity contribution in [3.8, 4) is 0 Å². The maximum Gasteiger partial charge on any atom is 0.335 e. The molecule has 1 heterocycles. The van der Waals surface area contributed by atoms with E-state index in [4.69, 9.17) is 0 Å². The van der Waals surface area contributed by atoms with Crippen molar-refractivity contribution in [2.75, 3.05) is 11.9 Å². The Morgan fingerprint density at radius 2 is 1.90 bits per heavy atom. The fraction of sp³-hybridized carbons (Fsp3) is 0.250. The summed E-state index contributed by atoms with van der Waals surface area (Å²) in [5.41, 5.74) is 3.21. The van der Waals surface area contributed by atoms with E-state index in [1.807, 2.05) is 50.1 Å². The summed E-state index contributed by atoms with van der Waals surface area (Å²) in [4.78, 5) is 17.6. The Bertz CT molecular complexity index is 621. The molecule has 1 aromatic carbocycles. The van der Waals surface area contributed by atoms with Gasteiger partial charge in [-0.25, -0.2) is 9.78 Å². The molecule has 4 nitrogen and oxygen atoms in total.